The summed E-state index contributed by atoms with van der Waals surface area (Å²) in [5, 5.41) is 8.73. The van der Waals surface area contributed by atoms with Crippen molar-refractivity contribution in [2.24, 2.45) is 23.2 Å². The van der Waals surface area contributed by atoms with Crippen LogP contribution in [0.15, 0.2) is 24.3 Å². The van der Waals surface area contributed by atoms with Crippen molar-refractivity contribution in [3.8, 4) is 0 Å². The average Bonchev–Trinajstić information content (AvgIpc) is 3.01. The van der Waals surface area contributed by atoms with Gasteiger partial charge in [0, 0.05) is 13.5 Å². The fourth-order valence-corrected chi connectivity index (χ4v) is 4.30. The quantitative estimate of drug-likeness (QED) is 0.585. The van der Waals surface area contributed by atoms with E-state index in [1.54, 1.807) is 7.11 Å². The number of hydrogen-bond acceptors (Lipinski definition) is 3. The zero-order chi connectivity index (χ0) is 18.6. The first-order valence-electron chi connectivity index (χ1n) is 9.67. The molecule has 0 aliphatic heterocycles. The van der Waals surface area contributed by atoms with Crippen molar-refractivity contribution in [2.45, 2.75) is 67.0 Å². The highest BCUT2D eigenvalue weighted by atomic mass is 16.5. The molecule has 1 aromatic heterocycles. The van der Waals surface area contributed by atoms with E-state index in [9.17, 15) is 0 Å². The molecule has 25 heavy (non-hydrogen) atoms. The average molecular weight is 346 g/mol. The lowest BCUT2D eigenvalue weighted by molar-refractivity contribution is -0.0405. The van der Waals surface area contributed by atoms with Crippen LogP contribution in [0.3, 0.4) is 0 Å². The Morgan fingerprint density at radius 2 is 1.76 bits per heavy atom. The van der Waals surface area contributed by atoms with Gasteiger partial charge >= 0.3 is 0 Å². The summed E-state index contributed by atoms with van der Waals surface area (Å²) in [6.07, 6.45) is 3.23. The topological polar surface area (TPSA) is 39.9 Å². The van der Waals surface area contributed by atoms with E-state index in [1.807, 2.05) is 22.9 Å². The Bertz CT molecular complexity index is 664. The maximum Gasteiger partial charge on any atom is 0.152 e. The lowest BCUT2D eigenvalue weighted by Crippen LogP contribution is -2.36. The minimum absolute atomic E-state index is 0.0905. The molecule has 4 heteroatoms. The third-order valence-electron chi connectivity index (χ3n) is 5.99. The van der Waals surface area contributed by atoms with Crippen molar-refractivity contribution in [2.75, 3.05) is 7.11 Å². The van der Waals surface area contributed by atoms with E-state index in [4.69, 9.17) is 4.74 Å². The maximum atomic E-state index is 5.93. The predicted molar refractivity (Wildman–Crippen MR) is 104 cm³/mol. The second-order valence-electron chi connectivity index (χ2n) is 8.26. The van der Waals surface area contributed by atoms with Crippen molar-refractivity contribution < 1.29 is 4.74 Å². The molecular formula is C21H35N3O. The van der Waals surface area contributed by atoms with Crippen LogP contribution in [0.2, 0.25) is 0 Å². The smallest absolute Gasteiger partial charge is 0.152 e. The molecule has 1 aromatic carbocycles. The molecule has 3 unspecified atom stereocenters. The Labute approximate surface area is 152 Å². The molecule has 0 saturated heterocycles. The van der Waals surface area contributed by atoms with E-state index in [-0.39, 0.29) is 11.6 Å². The molecular weight excluding hydrogens is 310 g/mol. The molecule has 1 heterocycles. The van der Waals surface area contributed by atoms with Crippen LogP contribution in [0.25, 0.3) is 11.0 Å². The first kappa shape index (κ1) is 19.9. The van der Waals surface area contributed by atoms with E-state index in [2.05, 4.69) is 57.9 Å². The summed E-state index contributed by atoms with van der Waals surface area (Å²) in [5.41, 5.74) is 2.20. The van der Waals surface area contributed by atoms with Crippen molar-refractivity contribution in [3.05, 3.63) is 24.3 Å². The number of hydrogen-bond donors (Lipinski definition) is 0. The van der Waals surface area contributed by atoms with E-state index in [0.29, 0.717) is 17.8 Å². The number of fused-ring (bicyclic) bond motifs is 1. The third kappa shape index (κ3) is 4.22. The van der Waals surface area contributed by atoms with E-state index in [1.165, 1.54) is 6.42 Å². The van der Waals surface area contributed by atoms with Crippen molar-refractivity contribution in [1.29, 1.82) is 0 Å². The van der Waals surface area contributed by atoms with Gasteiger partial charge in [0.2, 0.25) is 0 Å². The molecule has 0 amide bonds. The molecule has 0 fully saturated rings. The van der Waals surface area contributed by atoms with E-state index >= 15 is 0 Å². The molecule has 0 N–H and O–H groups in total. The molecule has 0 bridgehead atoms. The van der Waals surface area contributed by atoms with Crippen molar-refractivity contribution in [3.63, 3.8) is 0 Å². The van der Waals surface area contributed by atoms with Gasteiger partial charge in [-0.25, -0.2) is 4.68 Å². The zero-order valence-electron chi connectivity index (χ0n) is 17.0. The Morgan fingerprint density at radius 3 is 2.32 bits per heavy atom. The van der Waals surface area contributed by atoms with Crippen LogP contribution in [0.1, 0.15) is 67.0 Å². The molecule has 2 aromatic rings. The molecule has 0 saturated carbocycles. The standard InChI is InChI=1S/C21H35N3O/c1-8-21(13-15(2)3,17(6)16(4)5)14-20(25-7)24-19-12-10-9-11-18(19)22-23-24/h9-12,15-17,20H,8,13-14H2,1-7H3. The molecule has 4 nitrogen and oxygen atoms in total. The van der Waals surface area contributed by atoms with Gasteiger partial charge in [-0.05, 0) is 41.7 Å². The van der Waals surface area contributed by atoms with Gasteiger partial charge in [-0.1, -0.05) is 65.3 Å². The van der Waals surface area contributed by atoms with E-state index in [0.717, 1.165) is 23.9 Å². The lowest BCUT2D eigenvalue weighted by atomic mass is 9.63. The zero-order valence-corrected chi connectivity index (χ0v) is 17.0. The van der Waals surface area contributed by atoms with Gasteiger partial charge in [0.1, 0.15) is 5.52 Å². The summed E-state index contributed by atoms with van der Waals surface area (Å²) in [6, 6.07) is 8.11. The highest BCUT2D eigenvalue weighted by molar-refractivity contribution is 5.73. The Morgan fingerprint density at radius 1 is 1.08 bits per heavy atom. The highest BCUT2D eigenvalue weighted by Crippen LogP contribution is 2.47. The number of benzene rings is 1. The van der Waals surface area contributed by atoms with Gasteiger partial charge in [-0.2, -0.15) is 0 Å². The minimum atomic E-state index is -0.0905. The Hall–Kier alpha value is -1.42. The Kier molecular flexibility index (Phi) is 6.61. The van der Waals surface area contributed by atoms with Gasteiger partial charge in [-0.15, -0.1) is 5.10 Å². The highest BCUT2D eigenvalue weighted by Gasteiger charge is 2.39. The first-order valence-corrected chi connectivity index (χ1v) is 9.67. The van der Waals surface area contributed by atoms with Crippen LogP contribution in [0, 0.1) is 23.2 Å². The van der Waals surface area contributed by atoms with Crippen LogP contribution < -0.4 is 0 Å². The fourth-order valence-electron chi connectivity index (χ4n) is 4.30. The molecule has 2 rings (SSSR count). The normalized spacial score (nSPS) is 17.2. The summed E-state index contributed by atoms with van der Waals surface area (Å²) in [7, 11) is 1.79. The van der Waals surface area contributed by atoms with Gasteiger partial charge in [0.05, 0.1) is 5.52 Å². The molecule has 3 atom stereocenters. The molecule has 140 valence electrons. The minimum Gasteiger partial charge on any atom is -0.360 e. The van der Waals surface area contributed by atoms with Crippen LogP contribution >= 0.6 is 0 Å². The van der Waals surface area contributed by atoms with Gasteiger partial charge < -0.3 is 4.74 Å². The second kappa shape index (κ2) is 8.31. The molecule has 0 aliphatic rings. The number of ether oxygens (including phenoxy) is 1. The molecule has 0 spiro atoms. The largest absolute Gasteiger partial charge is 0.360 e. The van der Waals surface area contributed by atoms with Gasteiger partial charge in [0.15, 0.2) is 6.23 Å². The second-order valence-corrected chi connectivity index (χ2v) is 8.26. The summed E-state index contributed by atoms with van der Waals surface area (Å²) >= 11 is 0. The van der Waals surface area contributed by atoms with Crippen LogP contribution in [-0.4, -0.2) is 22.1 Å². The summed E-state index contributed by atoms with van der Waals surface area (Å²) < 4.78 is 7.90. The molecule has 0 aliphatic carbocycles. The maximum absolute atomic E-state index is 5.93. The van der Waals surface area contributed by atoms with Crippen LogP contribution in [0.5, 0.6) is 0 Å². The summed E-state index contributed by atoms with van der Waals surface area (Å²) in [4.78, 5) is 0. The number of aromatic nitrogens is 3. The number of para-hydroxylation sites is 1. The van der Waals surface area contributed by atoms with Crippen LogP contribution in [0.4, 0.5) is 0 Å². The summed E-state index contributed by atoms with van der Waals surface area (Å²) in [5.74, 6) is 1.92. The van der Waals surface area contributed by atoms with Crippen molar-refractivity contribution >= 4 is 11.0 Å². The number of methoxy groups -OCH3 is 1. The monoisotopic (exact) mass is 345 g/mol. The lowest BCUT2D eigenvalue weighted by Gasteiger charge is -2.44. The van der Waals surface area contributed by atoms with Gasteiger partial charge in [-0.3, -0.25) is 0 Å². The number of rotatable bonds is 9. The van der Waals surface area contributed by atoms with Crippen molar-refractivity contribution in [1.82, 2.24) is 15.0 Å². The first-order chi connectivity index (χ1) is 11.8. The van der Waals surface area contributed by atoms with Gasteiger partial charge in [0.25, 0.3) is 0 Å². The third-order valence-corrected chi connectivity index (χ3v) is 5.99. The SMILES string of the molecule is CCC(CC(C)C)(CC(OC)n1nnc2ccccc21)C(C)C(C)C. The molecule has 0 radical (unpaired) electrons. The number of nitrogens with zero attached hydrogens (tertiary/aromatic N) is 3. The van der Waals surface area contributed by atoms with E-state index < -0.39 is 0 Å². The Balaban J connectivity index is 2.40. The van der Waals surface area contributed by atoms with Crippen LogP contribution in [-0.2, 0) is 4.74 Å². The fraction of sp³-hybridized carbons (Fsp3) is 0.714. The summed E-state index contributed by atoms with van der Waals surface area (Å²) in [6.45, 7) is 14.1. The predicted octanol–water partition coefficient (Wildman–Crippen LogP) is 5.70.